The smallest absolute Gasteiger partial charge is 0.264 e. The van der Waals surface area contributed by atoms with Crippen molar-refractivity contribution in [2.75, 3.05) is 18.0 Å². The highest BCUT2D eigenvalue weighted by atomic mass is 32.2. The minimum Gasteiger partial charge on any atom is -0.497 e. The van der Waals surface area contributed by atoms with Gasteiger partial charge in [-0.05, 0) is 73.2 Å². The Hall–Kier alpha value is -3.85. The molecule has 4 rings (SSSR count). The molecular formula is C34H43N3O5S. The molecule has 0 heterocycles. The van der Waals surface area contributed by atoms with Crippen molar-refractivity contribution >= 4 is 27.5 Å². The Bertz CT molecular complexity index is 1470. The van der Waals surface area contributed by atoms with Gasteiger partial charge in [0.25, 0.3) is 10.0 Å². The van der Waals surface area contributed by atoms with Crippen molar-refractivity contribution in [1.29, 1.82) is 0 Å². The molecule has 0 spiro atoms. The molecule has 9 heteroatoms. The molecule has 43 heavy (non-hydrogen) atoms. The average molecular weight is 606 g/mol. The highest BCUT2D eigenvalue weighted by Crippen LogP contribution is 2.27. The number of sulfonamides is 1. The summed E-state index contributed by atoms with van der Waals surface area (Å²) in [6.07, 6.45) is 5.11. The molecule has 1 aliphatic carbocycles. The first-order chi connectivity index (χ1) is 20.6. The van der Waals surface area contributed by atoms with Crippen LogP contribution >= 0.6 is 0 Å². The third-order valence-corrected chi connectivity index (χ3v) is 9.85. The number of nitrogens with one attached hydrogen (secondary N) is 1. The molecular weight excluding hydrogens is 562 g/mol. The van der Waals surface area contributed by atoms with Crippen molar-refractivity contribution in [3.8, 4) is 5.75 Å². The van der Waals surface area contributed by atoms with Crippen molar-refractivity contribution in [2.24, 2.45) is 0 Å². The Kier molecular flexibility index (Phi) is 10.9. The number of carbonyl (C=O) groups excluding carboxylic acids is 2. The van der Waals surface area contributed by atoms with Gasteiger partial charge in [-0.15, -0.1) is 0 Å². The maximum atomic E-state index is 14.2. The van der Waals surface area contributed by atoms with Crippen LogP contribution in [0.25, 0.3) is 0 Å². The van der Waals surface area contributed by atoms with Crippen LogP contribution in [0.3, 0.4) is 0 Å². The second-order valence-electron chi connectivity index (χ2n) is 11.5. The lowest BCUT2D eigenvalue weighted by molar-refractivity contribution is -0.139. The predicted octanol–water partition coefficient (Wildman–Crippen LogP) is 5.88. The van der Waals surface area contributed by atoms with Gasteiger partial charge in [0.05, 0.1) is 17.7 Å². The molecule has 0 saturated heterocycles. The highest BCUT2D eigenvalue weighted by Gasteiger charge is 2.33. The minimum atomic E-state index is -4.10. The molecule has 0 radical (unpaired) electrons. The number of methoxy groups -OCH3 is 1. The molecule has 0 bridgehead atoms. The molecule has 0 aliphatic heterocycles. The van der Waals surface area contributed by atoms with Gasteiger partial charge in [0, 0.05) is 12.6 Å². The number of nitrogens with zero attached hydrogens (tertiary/aromatic N) is 2. The van der Waals surface area contributed by atoms with Crippen LogP contribution in [0.4, 0.5) is 5.69 Å². The Morgan fingerprint density at radius 1 is 0.907 bits per heavy atom. The van der Waals surface area contributed by atoms with Crippen LogP contribution in [-0.4, -0.2) is 50.9 Å². The van der Waals surface area contributed by atoms with Gasteiger partial charge in [0.2, 0.25) is 11.8 Å². The first-order valence-corrected chi connectivity index (χ1v) is 16.4. The molecule has 1 atom stereocenters. The monoisotopic (exact) mass is 605 g/mol. The van der Waals surface area contributed by atoms with Crippen molar-refractivity contribution in [1.82, 2.24) is 10.2 Å². The van der Waals surface area contributed by atoms with E-state index < -0.39 is 28.5 Å². The molecule has 8 nitrogen and oxygen atoms in total. The summed E-state index contributed by atoms with van der Waals surface area (Å²) < 4.78 is 34.5. The van der Waals surface area contributed by atoms with E-state index >= 15 is 0 Å². The fraction of sp³-hybridized carbons (Fsp3) is 0.412. The van der Waals surface area contributed by atoms with E-state index in [1.54, 1.807) is 44.4 Å². The zero-order chi connectivity index (χ0) is 31.0. The van der Waals surface area contributed by atoms with E-state index in [9.17, 15) is 18.0 Å². The van der Waals surface area contributed by atoms with Gasteiger partial charge in [0.1, 0.15) is 18.3 Å². The number of hydrogen-bond acceptors (Lipinski definition) is 5. The normalized spacial score (nSPS) is 14.6. The molecule has 3 aromatic carbocycles. The first kappa shape index (κ1) is 32.1. The van der Waals surface area contributed by atoms with E-state index in [4.69, 9.17) is 4.74 Å². The maximum absolute atomic E-state index is 14.2. The Balaban J connectivity index is 1.68. The van der Waals surface area contributed by atoms with E-state index in [1.165, 1.54) is 17.0 Å². The third-order valence-electron chi connectivity index (χ3n) is 8.06. The fourth-order valence-electron chi connectivity index (χ4n) is 5.39. The summed E-state index contributed by atoms with van der Waals surface area (Å²) in [4.78, 5) is 29.2. The quantitative estimate of drug-likeness (QED) is 0.278. The maximum Gasteiger partial charge on any atom is 0.264 e. The second kappa shape index (κ2) is 14.6. The zero-order valence-corrected chi connectivity index (χ0v) is 26.3. The summed E-state index contributed by atoms with van der Waals surface area (Å²) in [7, 11) is -2.53. The first-order valence-electron chi connectivity index (χ1n) is 15.0. The van der Waals surface area contributed by atoms with Gasteiger partial charge in [-0.2, -0.15) is 0 Å². The average Bonchev–Trinajstić information content (AvgIpc) is 3.03. The number of ether oxygens (including phenoxy) is 1. The standard InChI is InChI=1S/C34H43N3O5S/c1-25(2)28-18-20-30(21-19-28)37(43(40,41)32-16-9-6-10-17-32)24-33(38)36(23-27-12-11-15-31(22-27)42-4)26(3)34(39)35-29-13-7-5-8-14-29/h6,9-12,15-22,25-26,29H,5,7-8,13-14,23-24H2,1-4H3,(H,35,39). The Morgan fingerprint density at radius 3 is 2.21 bits per heavy atom. The molecule has 1 N–H and O–H groups in total. The van der Waals surface area contributed by atoms with Gasteiger partial charge in [-0.3, -0.25) is 13.9 Å². The Morgan fingerprint density at radius 2 is 1.58 bits per heavy atom. The number of rotatable bonds is 12. The lowest BCUT2D eigenvalue weighted by Gasteiger charge is -2.33. The van der Waals surface area contributed by atoms with Crippen LogP contribution in [0.2, 0.25) is 0 Å². The molecule has 2 amide bonds. The number of hydrogen-bond donors (Lipinski definition) is 1. The molecule has 1 unspecified atom stereocenters. The second-order valence-corrected chi connectivity index (χ2v) is 13.3. The number of amides is 2. The summed E-state index contributed by atoms with van der Waals surface area (Å²) >= 11 is 0. The number of benzene rings is 3. The zero-order valence-electron chi connectivity index (χ0n) is 25.5. The van der Waals surface area contributed by atoms with Crippen molar-refractivity contribution in [3.63, 3.8) is 0 Å². The summed E-state index contributed by atoms with van der Waals surface area (Å²) in [5, 5.41) is 3.13. The summed E-state index contributed by atoms with van der Waals surface area (Å²) in [5.41, 5.74) is 2.20. The van der Waals surface area contributed by atoms with Crippen molar-refractivity contribution in [2.45, 2.75) is 82.3 Å². The highest BCUT2D eigenvalue weighted by molar-refractivity contribution is 7.92. The van der Waals surface area contributed by atoms with Crippen LogP contribution in [0.5, 0.6) is 5.75 Å². The van der Waals surface area contributed by atoms with Gasteiger partial charge in [-0.1, -0.05) is 75.6 Å². The number of anilines is 1. The lowest BCUT2D eigenvalue weighted by atomic mass is 9.95. The Labute approximate surface area is 256 Å². The van der Waals surface area contributed by atoms with Crippen molar-refractivity contribution < 1.29 is 22.7 Å². The van der Waals surface area contributed by atoms with Crippen molar-refractivity contribution in [3.05, 3.63) is 90.0 Å². The van der Waals surface area contributed by atoms with Crippen LogP contribution < -0.4 is 14.4 Å². The van der Waals surface area contributed by atoms with Gasteiger partial charge in [-0.25, -0.2) is 8.42 Å². The molecule has 230 valence electrons. The SMILES string of the molecule is COc1cccc(CN(C(=O)CN(c2ccc(C(C)C)cc2)S(=O)(=O)c2ccccc2)C(C)C(=O)NC2CCCCC2)c1. The lowest BCUT2D eigenvalue weighted by Crippen LogP contribution is -2.53. The van der Waals surface area contributed by atoms with Gasteiger partial charge >= 0.3 is 0 Å². The largest absolute Gasteiger partial charge is 0.497 e. The van der Waals surface area contributed by atoms with Crippen LogP contribution in [0.1, 0.15) is 69.9 Å². The molecule has 1 fully saturated rings. The van der Waals surface area contributed by atoms with Crippen LogP contribution in [-0.2, 0) is 26.2 Å². The molecule has 1 saturated carbocycles. The van der Waals surface area contributed by atoms with Gasteiger partial charge < -0.3 is 15.0 Å². The summed E-state index contributed by atoms with van der Waals surface area (Å²) in [6.45, 7) is 5.47. The van der Waals surface area contributed by atoms with Crippen LogP contribution in [0, 0.1) is 0 Å². The van der Waals surface area contributed by atoms with E-state index in [-0.39, 0.29) is 29.3 Å². The van der Waals surface area contributed by atoms with E-state index in [2.05, 4.69) is 19.2 Å². The summed E-state index contributed by atoms with van der Waals surface area (Å²) in [5.74, 6) is 0.155. The number of carbonyl (C=O) groups is 2. The molecule has 1 aliphatic rings. The van der Waals surface area contributed by atoms with E-state index in [1.807, 2.05) is 36.4 Å². The molecule has 3 aromatic rings. The predicted molar refractivity (Wildman–Crippen MR) is 170 cm³/mol. The van der Waals surface area contributed by atoms with E-state index in [0.717, 1.165) is 47.5 Å². The van der Waals surface area contributed by atoms with E-state index in [0.29, 0.717) is 11.4 Å². The third kappa shape index (κ3) is 8.16. The topological polar surface area (TPSA) is 96.0 Å². The molecule has 0 aromatic heterocycles. The van der Waals surface area contributed by atoms with Gasteiger partial charge in [0.15, 0.2) is 0 Å². The minimum absolute atomic E-state index is 0.0758. The van der Waals surface area contributed by atoms with Crippen LogP contribution in [0.15, 0.2) is 83.8 Å². The summed E-state index contributed by atoms with van der Waals surface area (Å²) in [6, 6.07) is 21.9. The fourth-order valence-corrected chi connectivity index (χ4v) is 6.83.